The molecule has 0 N–H and O–H groups in total. The van der Waals surface area contributed by atoms with Gasteiger partial charge < -0.3 is 0 Å². The van der Waals surface area contributed by atoms with Gasteiger partial charge in [0.15, 0.2) is 0 Å². The quantitative estimate of drug-likeness (QED) is 0.621. The maximum absolute atomic E-state index is 13.7. The average molecular weight is 301 g/mol. The predicted molar refractivity (Wildman–Crippen MR) is 67.7 cm³/mol. The Bertz CT molecular complexity index is 765. The summed E-state index contributed by atoms with van der Waals surface area (Å²) in [6.07, 6.45) is 1.26. The Morgan fingerprint density at radius 3 is 2.32 bits per heavy atom. The lowest BCUT2D eigenvalue weighted by Crippen LogP contribution is -1.90. The second kappa shape index (κ2) is 4.47. The molecule has 0 bridgehead atoms. The van der Waals surface area contributed by atoms with Gasteiger partial charge in [0.05, 0.1) is 15.8 Å². The zero-order chi connectivity index (χ0) is 13.6. The number of benzene rings is 1. The number of aromatic nitrogens is 2. The maximum atomic E-state index is 13.7. The van der Waals surface area contributed by atoms with E-state index in [-0.39, 0.29) is 15.6 Å². The Kier molecular flexibility index (Phi) is 2.91. The maximum Gasteiger partial charge on any atom is 0.150 e. The van der Waals surface area contributed by atoms with Gasteiger partial charge in [-0.25, -0.2) is 23.1 Å². The number of halogens is 4. The summed E-state index contributed by atoms with van der Waals surface area (Å²) in [5, 5.41) is 0.212. The summed E-state index contributed by atoms with van der Waals surface area (Å²) in [7, 11) is 0. The van der Waals surface area contributed by atoms with E-state index in [1.165, 1.54) is 12.4 Å². The molecule has 0 aliphatic heterocycles. The standard InChI is InChI=1S/C12H4ClF3N2S/c13-12-11-8(17-4-18-12)3-9(19-11)10-6(15)1-5(14)2-7(10)16/h1-4H. The number of hydrogen-bond acceptors (Lipinski definition) is 3. The minimum Gasteiger partial charge on any atom is -0.235 e. The highest BCUT2D eigenvalue weighted by Crippen LogP contribution is 2.37. The summed E-state index contributed by atoms with van der Waals surface area (Å²) < 4.78 is 40.8. The zero-order valence-corrected chi connectivity index (χ0v) is 10.7. The van der Waals surface area contributed by atoms with E-state index in [0.717, 1.165) is 11.3 Å². The SMILES string of the molecule is Fc1cc(F)c(-c2cc3ncnc(Cl)c3s2)c(F)c1. The molecule has 0 atom stereocenters. The minimum atomic E-state index is -0.965. The van der Waals surface area contributed by atoms with E-state index in [1.54, 1.807) is 0 Å². The van der Waals surface area contributed by atoms with Crippen molar-refractivity contribution in [1.29, 1.82) is 0 Å². The highest BCUT2D eigenvalue weighted by Gasteiger charge is 2.17. The van der Waals surface area contributed by atoms with E-state index in [4.69, 9.17) is 11.6 Å². The molecule has 2 heterocycles. The van der Waals surface area contributed by atoms with Crippen molar-refractivity contribution >= 4 is 33.2 Å². The van der Waals surface area contributed by atoms with Crippen molar-refractivity contribution in [3.8, 4) is 10.4 Å². The summed E-state index contributed by atoms with van der Waals surface area (Å²) in [5.41, 5.74) is 0.198. The first-order valence-electron chi connectivity index (χ1n) is 5.11. The fraction of sp³-hybridized carbons (Fsp3) is 0. The van der Waals surface area contributed by atoms with Crippen LogP contribution < -0.4 is 0 Å². The van der Waals surface area contributed by atoms with Crippen LogP contribution in [0.2, 0.25) is 5.15 Å². The van der Waals surface area contributed by atoms with Gasteiger partial charge in [0, 0.05) is 17.0 Å². The minimum absolute atomic E-state index is 0.212. The predicted octanol–water partition coefficient (Wildman–Crippen LogP) is 4.43. The van der Waals surface area contributed by atoms with E-state index >= 15 is 0 Å². The third-order valence-electron chi connectivity index (χ3n) is 2.52. The van der Waals surface area contributed by atoms with Crippen molar-refractivity contribution < 1.29 is 13.2 Å². The molecule has 0 fully saturated rings. The summed E-state index contributed by atoms with van der Waals surface area (Å²) in [6.45, 7) is 0. The molecule has 3 rings (SSSR count). The van der Waals surface area contributed by atoms with E-state index in [0.29, 0.717) is 22.3 Å². The van der Waals surface area contributed by atoms with Crippen LogP contribution in [0.1, 0.15) is 0 Å². The van der Waals surface area contributed by atoms with Crippen molar-refractivity contribution in [3.63, 3.8) is 0 Å². The molecule has 0 saturated carbocycles. The lowest BCUT2D eigenvalue weighted by Gasteiger charge is -2.01. The molecule has 0 amide bonds. The van der Waals surface area contributed by atoms with Gasteiger partial charge in [0.1, 0.15) is 28.9 Å². The molecule has 0 aliphatic rings. The monoisotopic (exact) mass is 300 g/mol. The largest absolute Gasteiger partial charge is 0.235 e. The summed E-state index contributed by atoms with van der Waals surface area (Å²) in [5.74, 6) is -2.89. The molecule has 0 radical (unpaired) electrons. The van der Waals surface area contributed by atoms with Gasteiger partial charge in [-0.05, 0) is 6.07 Å². The van der Waals surface area contributed by atoms with Crippen LogP contribution in [0.3, 0.4) is 0 Å². The number of thiophene rings is 1. The Balaban J connectivity index is 2.28. The molecule has 7 heteroatoms. The van der Waals surface area contributed by atoms with Crippen LogP contribution >= 0.6 is 22.9 Å². The van der Waals surface area contributed by atoms with Gasteiger partial charge in [-0.1, -0.05) is 11.6 Å². The first-order chi connectivity index (χ1) is 9.06. The lowest BCUT2D eigenvalue weighted by molar-refractivity contribution is 0.548. The first kappa shape index (κ1) is 12.4. The number of rotatable bonds is 1. The lowest BCUT2D eigenvalue weighted by atomic mass is 10.1. The molecular formula is C12H4ClF3N2S. The van der Waals surface area contributed by atoms with Crippen molar-refractivity contribution in [3.05, 3.63) is 47.1 Å². The molecule has 3 aromatic rings. The molecule has 0 saturated heterocycles. The fourth-order valence-electron chi connectivity index (χ4n) is 1.73. The van der Waals surface area contributed by atoms with Gasteiger partial charge in [-0.15, -0.1) is 11.3 Å². The molecule has 2 aromatic heterocycles. The smallest absolute Gasteiger partial charge is 0.150 e. The van der Waals surface area contributed by atoms with E-state index in [2.05, 4.69) is 9.97 Å². The molecule has 0 unspecified atom stereocenters. The van der Waals surface area contributed by atoms with Crippen LogP contribution in [0.5, 0.6) is 0 Å². The molecule has 1 aromatic carbocycles. The Labute approximate surface area is 114 Å². The van der Waals surface area contributed by atoms with Crippen LogP contribution in [0.25, 0.3) is 20.7 Å². The van der Waals surface area contributed by atoms with Crippen LogP contribution in [0.4, 0.5) is 13.2 Å². The second-order valence-electron chi connectivity index (χ2n) is 3.73. The normalized spacial score (nSPS) is 11.2. The van der Waals surface area contributed by atoms with Crippen LogP contribution in [-0.2, 0) is 0 Å². The van der Waals surface area contributed by atoms with E-state index < -0.39 is 17.5 Å². The van der Waals surface area contributed by atoms with Crippen molar-refractivity contribution in [2.75, 3.05) is 0 Å². The average Bonchev–Trinajstić information content (AvgIpc) is 2.72. The van der Waals surface area contributed by atoms with Crippen molar-refractivity contribution in [2.24, 2.45) is 0 Å². The summed E-state index contributed by atoms with van der Waals surface area (Å²) in [6, 6.07) is 2.76. The van der Waals surface area contributed by atoms with E-state index in [9.17, 15) is 13.2 Å². The fourth-order valence-corrected chi connectivity index (χ4v) is 3.02. The summed E-state index contributed by atoms with van der Waals surface area (Å²) >= 11 is 6.93. The van der Waals surface area contributed by atoms with Crippen LogP contribution in [0.15, 0.2) is 24.5 Å². The summed E-state index contributed by atoms with van der Waals surface area (Å²) in [4.78, 5) is 8.04. The zero-order valence-electron chi connectivity index (χ0n) is 9.12. The third-order valence-corrected chi connectivity index (χ3v) is 4.07. The van der Waals surface area contributed by atoms with Gasteiger partial charge in [-0.2, -0.15) is 0 Å². The molecule has 19 heavy (non-hydrogen) atoms. The molecule has 2 nitrogen and oxygen atoms in total. The van der Waals surface area contributed by atoms with Gasteiger partial charge in [-0.3, -0.25) is 0 Å². The van der Waals surface area contributed by atoms with Gasteiger partial charge in [0.2, 0.25) is 0 Å². The van der Waals surface area contributed by atoms with Crippen LogP contribution in [0, 0.1) is 17.5 Å². The highest BCUT2D eigenvalue weighted by molar-refractivity contribution is 7.22. The topological polar surface area (TPSA) is 25.8 Å². The second-order valence-corrected chi connectivity index (χ2v) is 5.14. The number of nitrogens with zero attached hydrogens (tertiary/aromatic N) is 2. The van der Waals surface area contributed by atoms with Crippen molar-refractivity contribution in [1.82, 2.24) is 9.97 Å². The van der Waals surface area contributed by atoms with Crippen LogP contribution in [-0.4, -0.2) is 9.97 Å². The molecule has 0 spiro atoms. The molecule has 0 aliphatic carbocycles. The Hall–Kier alpha value is -1.66. The van der Waals surface area contributed by atoms with Gasteiger partial charge >= 0.3 is 0 Å². The van der Waals surface area contributed by atoms with E-state index in [1.807, 2.05) is 0 Å². The van der Waals surface area contributed by atoms with Crippen molar-refractivity contribution in [2.45, 2.75) is 0 Å². The highest BCUT2D eigenvalue weighted by atomic mass is 35.5. The molecule has 96 valence electrons. The Morgan fingerprint density at radius 2 is 1.68 bits per heavy atom. The molecular weight excluding hydrogens is 297 g/mol. The Morgan fingerprint density at radius 1 is 1.00 bits per heavy atom. The number of fused-ring (bicyclic) bond motifs is 1. The first-order valence-corrected chi connectivity index (χ1v) is 6.30. The number of hydrogen-bond donors (Lipinski definition) is 0. The van der Waals surface area contributed by atoms with Gasteiger partial charge in [0.25, 0.3) is 0 Å². The third kappa shape index (κ3) is 2.06.